The molecule has 17 heavy (non-hydrogen) atoms. The van der Waals surface area contributed by atoms with Gasteiger partial charge in [-0.1, -0.05) is 13.3 Å². The van der Waals surface area contributed by atoms with Crippen LogP contribution in [-0.2, 0) is 16.1 Å². The second kappa shape index (κ2) is 7.62. The molecule has 0 spiro atoms. The summed E-state index contributed by atoms with van der Waals surface area (Å²) in [7, 11) is 0. The summed E-state index contributed by atoms with van der Waals surface area (Å²) < 4.78 is 10.2. The lowest BCUT2D eigenvalue weighted by atomic mass is 10.3. The Hall–Kier alpha value is -1.62. The third kappa shape index (κ3) is 5.31. The zero-order valence-corrected chi connectivity index (χ0v) is 10.0. The molecule has 0 aliphatic heterocycles. The summed E-state index contributed by atoms with van der Waals surface area (Å²) in [4.78, 5) is 15.3. The van der Waals surface area contributed by atoms with E-state index in [1.54, 1.807) is 18.3 Å². The number of nitrogens with zero attached hydrogens (tertiary/aromatic N) is 1. The van der Waals surface area contributed by atoms with E-state index in [0.29, 0.717) is 18.9 Å². The molecule has 2 N–H and O–H groups in total. The van der Waals surface area contributed by atoms with E-state index in [2.05, 4.69) is 4.98 Å². The van der Waals surface area contributed by atoms with Crippen molar-refractivity contribution in [2.75, 3.05) is 13.2 Å². The van der Waals surface area contributed by atoms with Crippen LogP contribution < -0.4 is 10.5 Å². The Balaban J connectivity index is 2.27. The molecule has 0 unspecified atom stereocenters. The molecule has 1 rings (SSSR count). The molecule has 0 aliphatic carbocycles. The predicted molar refractivity (Wildman–Crippen MR) is 63.5 cm³/mol. The van der Waals surface area contributed by atoms with Gasteiger partial charge in [0.15, 0.2) is 6.61 Å². The topological polar surface area (TPSA) is 74.4 Å². The van der Waals surface area contributed by atoms with Gasteiger partial charge >= 0.3 is 5.97 Å². The Kier molecular flexibility index (Phi) is 6.03. The van der Waals surface area contributed by atoms with Crippen LogP contribution in [0.3, 0.4) is 0 Å². The van der Waals surface area contributed by atoms with Gasteiger partial charge in [0.25, 0.3) is 0 Å². The number of pyridine rings is 1. The molecule has 0 saturated heterocycles. The fourth-order valence-electron chi connectivity index (χ4n) is 1.13. The fourth-order valence-corrected chi connectivity index (χ4v) is 1.13. The van der Waals surface area contributed by atoms with Crippen LogP contribution in [0.1, 0.15) is 25.5 Å². The highest BCUT2D eigenvalue weighted by atomic mass is 16.6. The van der Waals surface area contributed by atoms with Crippen LogP contribution in [-0.4, -0.2) is 24.2 Å². The first-order chi connectivity index (χ1) is 8.26. The first-order valence-corrected chi connectivity index (χ1v) is 5.69. The van der Waals surface area contributed by atoms with Gasteiger partial charge in [-0.25, -0.2) is 4.79 Å². The van der Waals surface area contributed by atoms with E-state index in [4.69, 9.17) is 15.2 Å². The van der Waals surface area contributed by atoms with Crippen LogP contribution in [0, 0.1) is 0 Å². The summed E-state index contributed by atoms with van der Waals surface area (Å²) in [6.07, 6.45) is 3.42. The van der Waals surface area contributed by atoms with E-state index >= 15 is 0 Å². The van der Waals surface area contributed by atoms with Crippen molar-refractivity contribution in [1.29, 1.82) is 0 Å². The molecule has 0 amide bonds. The minimum atomic E-state index is -0.360. The molecule has 0 radical (unpaired) electrons. The van der Waals surface area contributed by atoms with Crippen LogP contribution in [0.2, 0.25) is 0 Å². The van der Waals surface area contributed by atoms with Crippen LogP contribution in [0.5, 0.6) is 5.75 Å². The second-order valence-electron chi connectivity index (χ2n) is 3.55. The summed E-state index contributed by atoms with van der Waals surface area (Å²) in [6.45, 7) is 2.78. The third-order valence-corrected chi connectivity index (χ3v) is 2.12. The molecule has 0 saturated carbocycles. The largest absolute Gasteiger partial charge is 0.480 e. The minimum Gasteiger partial charge on any atom is -0.480 e. The van der Waals surface area contributed by atoms with Crippen LogP contribution in [0.25, 0.3) is 0 Å². The standard InChI is InChI=1S/C12H18N2O3/c1-2-3-6-16-12(15)9-17-11-5-4-10(7-13)14-8-11/h4-5,8H,2-3,6-7,9,13H2,1H3. The molecule has 94 valence electrons. The maximum Gasteiger partial charge on any atom is 0.344 e. The highest BCUT2D eigenvalue weighted by Crippen LogP contribution is 2.08. The quantitative estimate of drug-likeness (QED) is 0.572. The van der Waals surface area contributed by atoms with E-state index in [1.807, 2.05) is 6.92 Å². The van der Waals surface area contributed by atoms with E-state index in [1.165, 1.54) is 0 Å². The predicted octanol–water partition coefficient (Wildman–Crippen LogP) is 1.26. The Bertz CT molecular complexity index is 338. The summed E-state index contributed by atoms with van der Waals surface area (Å²) in [5.41, 5.74) is 6.19. The van der Waals surface area contributed by atoms with Gasteiger partial charge in [-0.05, 0) is 18.6 Å². The highest BCUT2D eigenvalue weighted by molar-refractivity contribution is 5.71. The average molecular weight is 238 g/mol. The molecule has 0 aromatic carbocycles. The number of unbranched alkanes of at least 4 members (excludes halogenated alkanes) is 1. The molecular formula is C12H18N2O3. The van der Waals surface area contributed by atoms with Crippen molar-refractivity contribution in [2.45, 2.75) is 26.3 Å². The average Bonchev–Trinajstić information content (AvgIpc) is 2.37. The first-order valence-electron chi connectivity index (χ1n) is 5.69. The molecule has 0 aliphatic rings. The maximum atomic E-state index is 11.2. The number of carbonyl (C=O) groups excluding carboxylic acids is 1. The van der Waals surface area contributed by atoms with E-state index in [0.717, 1.165) is 18.5 Å². The van der Waals surface area contributed by atoms with Gasteiger partial charge in [-0.2, -0.15) is 0 Å². The SMILES string of the molecule is CCCCOC(=O)COc1ccc(CN)nc1. The fraction of sp³-hybridized carbons (Fsp3) is 0.500. The molecule has 5 nitrogen and oxygen atoms in total. The normalized spacial score (nSPS) is 10.0. The molecule has 1 heterocycles. The third-order valence-electron chi connectivity index (χ3n) is 2.12. The summed E-state index contributed by atoms with van der Waals surface area (Å²) in [5, 5.41) is 0. The lowest BCUT2D eigenvalue weighted by molar-refractivity contribution is -0.146. The number of ether oxygens (including phenoxy) is 2. The van der Waals surface area contributed by atoms with Gasteiger partial charge in [0.1, 0.15) is 5.75 Å². The van der Waals surface area contributed by atoms with Crippen molar-refractivity contribution in [3.8, 4) is 5.75 Å². The molecule has 0 fully saturated rings. The smallest absolute Gasteiger partial charge is 0.344 e. The minimum absolute atomic E-state index is 0.0899. The van der Waals surface area contributed by atoms with Gasteiger partial charge in [0.05, 0.1) is 18.5 Å². The van der Waals surface area contributed by atoms with Gasteiger partial charge in [-0.3, -0.25) is 4.98 Å². The molecular weight excluding hydrogens is 220 g/mol. The van der Waals surface area contributed by atoms with Crippen molar-refractivity contribution >= 4 is 5.97 Å². The Labute approximate surface area is 101 Å². The number of nitrogens with two attached hydrogens (primary N) is 1. The van der Waals surface area contributed by atoms with Gasteiger partial charge < -0.3 is 15.2 Å². The van der Waals surface area contributed by atoms with Gasteiger partial charge in [0, 0.05) is 6.54 Å². The Morgan fingerprint density at radius 2 is 2.29 bits per heavy atom. The molecule has 5 heteroatoms. The van der Waals surface area contributed by atoms with E-state index in [-0.39, 0.29) is 12.6 Å². The summed E-state index contributed by atoms with van der Waals surface area (Å²) in [6, 6.07) is 3.49. The lowest BCUT2D eigenvalue weighted by Crippen LogP contribution is -2.15. The molecule has 1 aromatic heterocycles. The number of hydrogen-bond donors (Lipinski definition) is 1. The van der Waals surface area contributed by atoms with Crippen LogP contribution >= 0.6 is 0 Å². The number of aromatic nitrogens is 1. The van der Waals surface area contributed by atoms with Crippen molar-refractivity contribution in [2.24, 2.45) is 5.73 Å². The zero-order chi connectivity index (χ0) is 12.5. The number of carbonyl (C=O) groups is 1. The molecule has 0 bridgehead atoms. The second-order valence-corrected chi connectivity index (χ2v) is 3.55. The van der Waals surface area contributed by atoms with E-state index in [9.17, 15) is 4.79 Å². The number of esters is 1. The van der Waals surface area contributed by atoms with E-state index < -0.39 is 0 Å². The summed E-state index contributed by atoms with van der Waals surface area (Å²) in [5.74, 6) is 0.177. The van der Waals surface area contributed by atoms with Crippen molar-refractivity contribution < 1.29 is 14.3 Å². The van der Waals surface area contributed by atoms with Crippen molar-refractivity contribution in [3.05, 3.63) is 24.0 Å². The monoisotopic (exact) mass is 238 g/mol. The number of rotatable bonds is 7. The maximum absolute atomic E-state index is 11.2. The zero-order valence-electron chi connectivity index (χ0n) is 10.0. The van der Waals surface area contributed by atoms with Gasteiger partial charge in [0.2, 0.25) is 0 Å². The Morgan fingerprint density at radius 3 is 2.88 bits per heavy atom. The summed E-state index contributed by atoms with van der Waals surface area (Å²) >= 11 is 0. The van der Waals surface area contributed by atoms with Gasteiger partial charge in [-0.15, -0.1) is 0 Å². The Morgan fingerprint density at radius 1 is 1.47 bits per heavy atom. The molecule has 1 aromatic rings. The van der Waals surface area contributed by atoms with Crippen molar-refractivity contribution in [3.63, 3.8) is 0 Å². The van der Waals surface area contributed by atoms with Crippen LogP contribution in [0.4, 0.5) is 0 Å². The van der Waals surface area contributed by atoms with Crippen molar-refractivity contribution in [1.82, 2.24) is 4.98 Å². The van der Waals surface area contributed by atoms with Crippen LogP contribution in [0.15, 0.2) is 18.3 Å². The lowest BCUT2D eigenvalue weighted by Gasteiger charge is -2.06. The highest BCUT2D eigenvalue weighted by Gasteiger charge is 2.04. The number of hydrogen-bond acceptors (Lipinski definition) is 5. The molecule has 0 atom stereocenters. The first kappa shape index (κ1) is 13.4.